The van der Waals surface area contributed by atoms with Crippen molar-refractivity contribution in [3.05, 3.63) is 11.9 Å². The molecule has 2 amide bonds. The molecule has 1 unspecified atom stereocenters. The highest BCUT2D eigenvalue weighted by molar-refractivity contribution is 5.88. The summed E-state index contributed by atoms with van der Waals surface area (Å²) in [7, 11) is 1.85. The van der Waals surface area contributed by atoms with Crippen molar-refractivity contribution < 1.29 is 9.59 Å². The van der Waals surface area contributed by atoms with Crippen molar-refractivity contribution in [2.45, 2.75) is 39.2 Å². The van der Waals surface area contributed by atoms with Gasteiger partial charge < -0.3 is 10.2 Å². The number of aryl methyl sites for hydroxylation is 2. The molecule has 1 atom stereocenters. The van der Waals surface area contributed by atoms with Crippen LogP contribution in [0.4, 0.5) is 0 Å². The van der Waals surface area contributed by atoms with E-state index in [9.17, 15) is 9.59 Å². The van der Waals surface area contributed by atoms with Gasteiger partial charge in [0.25, 0.3) is 0 Å². The van der Waals surface area contributed by atoms with Crippen molar-refractivity contribution in [3.63, 3.8) is 0 Å². The molecule has 3 heterocycles. The molecule has 1 saturated heterocycles. The van der Waals surface area contributed by atoms with Crippen molar-refractivity contribution >= 4 is 22.8 Å². The Morgan fingerprint density at radius 1 is 1.29 bits per heavy atom. The number of rotatable bonds is 4. The molecule has 0 radical (unpaired) electrons. The maximum atomic E-state index is 12.4. The first-order valence-electron chi connectivity index (χ1n) is 8.41. The summed E-state index contributed by atoms with van der Waals surface area (Å²) in [6, 6.07) is -0.500. The quantitative estimate of drug-likeness (QED) is 0.896. The Labute approximate surface area is 140 Å². The number of hydrogen-bond donors (Lipinski definition) is 1. The van der Waals surface area contributed by atoms with Crippen LogP contribution in [0.1, 0.15) is 37.9 Å². The molecule has 2 aromatic heterocycles. The average molecular weight is 332 g/mol. The molecular formula is C16H24N6O2. The molecule has 1 aliphatic rings. The summed E-state index contributed by atoms with van der Waals surface area (Å²) in [5.74, 6) is -0.230. The van der Waals surface area contributed by atoms with Gasteiger partial charge in [-0.3, -0.25) is 14.3 Å². The largest absolute Gasteiger partial charge is 0.345 e. The van der Waals surface area contributed by atoms with E-state index in [1.165, 1.54) is 6.42 Å². The van der Waals surface area contributed by atoms with Crippen LogP contribution in [-0.2, 0) is 16.6 Å². The highest BCUT2D eigenvalue weighted by Gasteiger charge is 2.23. The standard InChI is InChI=1S/C16H24N6O2/c1-11-15-13(20(3)19-11)9-18-22(15)12(2)16(24)17-10-14(23)21-7-5-4-6-8-21/h9,12H,4-8,10H2,1-3H3,(H,17,24). The third-order valence-corrected chi connectivity index (χ3v) is 4.64. The maximum absolute atomic E-state index is 12.4. The monoisotopic (exact) mass is 332 g/mol. The molecule has 1 fully saturated rings. The predicted molar refractivity (Wildman–Crippen MR) is 89.4 cm³/mol. The zero-order valence-electron chi connectivity index (χ0n) is 14.4. The topological polar surface area (TPSA) is 85.0 Å². The van der Waals surface area contributed by atoms with Crippen LogP contribution in [-0.4, -0.2) is 55.9 Å². The van der Waals surface area contributed by atoms with Crippen molar-refractivity contribution in [1.29, 1.82) is 0 Å². The summed E-state index contributed by atoms with van der Waals surface area (Å²) in [6.45, 7) is 5.29. The van der Waals surface area contributed by atoms with Crippen molar-refractivity contribution in [2.75, 3.05) is 19.6 Å². The lowest BCUT2D eigenvalue weighted by atomic mass is 10.1. The third kappa shape index (κ3) is 3.00. The minimum atomic E-state index is -0.500. The van der Waals surface area contributed by atoms with Crippen LogP contribution in [0.15, 0.2) is 6.20 Å². The van der Waals surface area contributed by atoms with Crippen LogP contribution in [0, 0.1) is 6.92 Å². The van der Waals surface area contributed by atoms with Gasteiger partial charge in [-0.25, -0.2) is 4.68 Å². The zero-order chi connectivity index (χ0) is 17.3. The molecule has 8 nitrogen and oxygen atoms in total. The molecule has 0 spiro atoms. The van der Waals surface area contributed by atoms with Crippen LogP contribution < -0.4 is 5.32 Å². The Balaban J connectivity index is 1.64. The number of carbonyl (C=O) groups is 2. The molecule has 2 aromatic rings. The second-order valence-electron chi connectivity index (χ2n) is 6.37. The van der Waals surface area contributed by atoms with Gasteiger partial charge in [0, 0.05) is 20.1 Å². The number of nitrogens with zero attached hydrogens (tertiary/aromatic N) is 5. The number of aromatic nitrogens is 4. The minimum Gasteiger partial charge on any atom is -0.345 e. The SMILES string of the molecule is Cc1nn(C)c2cnn(C(C)C(=O)NCC(=O)N3CCCCC3)c12. The molecule has 24 heavy (non-hydrogen) atoms. The van der Waals surface area contributed by atoms with E-state index in [-0.39, 0.29) is 18.4 Å². The molecule has 130 valence electrons. The first-order chi connectivity index (χ1) is 11.5. The molecule has 1 N–H and O–H groups in total. The van der Waals surface area contributed by atoms with Crippen LogP contribution in [0.3, 0.4) is 0 Å². The van der Waals surface area contributed by atoms with E-state index in [4.69, 9.17) is 0 Å². The van der Waals surface area contributed by atoms with Gasteiger partial charge in [0.2, 0.25) is 11.8 Å². The van der Waals surface area contributed by atoms with Gasteiger partial charge in [0.1, 0.15) is 17.1 Å². The average Bonchev–Trinajstić information content (AvgIpc) is 3.15. The van der Waals surface area contributed by atoms with E-state index in [1.54, 1.807) is 22.5 Å². The van der Waals surface area contributed by atoms with E-state index in [2.05, 4.69) is 15.5 Å². The number of fused-ring (bicyclic) bond motifs is 1. The molecule has 0 aliphatic carbocycles. The van der Waals surface area contributed by atoms with E-state index >= 15 is 0 Å². The van der Waals surface area contributed by atoms with E-state index in [1.807, 2.05) is 18.9 Å². The summed E-state index contributed by atoms with van der Waals surface area (Å²) in [4.78, 5) is 26.4. The van der Waals surface area contributed by atoms with Crippen molar-refractivity contribution in [2.24, 2.45) is 7.05 Å². The molecule has 0 saturated carbocycles. The van der Waals surface area contributed by atoms with Gasteiger partial charge in [-0.1, -0.05) is 0 Å². The van der Waals surface area contributed by atoms with Crippen LogP contribution in [0.25, 0.3) is 11.0 Å². The number of hydrogen-bond acceptors (Lipinski definition) is 4. The lowest BCUT2D eigenvalue weighted by Crippen LogP contribution is -2.43. The van der Waals surface area contributed by atoms with Gasteiger partial charge in [-0.15, -0.1) is 0 Å². The van der Waals surface area contributed by atoms with E-state index in [0.717, 1.165) is 42.7 Å². The summed E-state index contributed by atoms with van der Waals surface area (Å²) in [5.41, 5.74) is 2.56. The third-order valence-electron chi connectivity index (χ3n) is 4.64. The zero-order valence-corrected chi connectivity index (χ0v) is 14.4. The van der Waals surface area contributed by atoms with Gasteiger partial charge >= 0.3 is 0 Å². The molecule has 0 aromatic carbocycles. The molecule has 0 bridgehead atoms. The van der Waals surface area contributed by atoms with Gasteiger partial charge in [0.05, 0.1) is 18.4 Å². The Kier molecular flexibility index (Phi) is 4.55. The first kappa shape index (κ1) is 16.5. The molecule has 3 rings (SSSR count). The Morgan fingerprint density at radius 2 is 2.00 bits per heavy atom. The Hall–Kier alpha value is -2.38. The Morgan fingerprint density at radius 3 is 2.71 bits per heavy atom. The number of likely N-dealkylation sites (tertiary alicyclic amines) is 1. The van der Waals surface area contributed by atoms with Crippen LogP contribution in [0.2, 0.25) is 0 Å². The number of piperidine rings is 1. The lowest BCUT2D eigenvalue weighted by molar-refractivity contribution is -0.134. The van der Waals surface area contributed by atoms with Crippen molar-refractivity contribution in [1.82, 2.24) is 29.8 Å². The maximum Gasteiger partial charge on any atom is 0.245 e. The summed E-state index contributed by atoms with van der Waals surface area (Å²) < 4.78 is 3.41. The van der Waals surface area contributed by atoms with E-state index < -0.39 is 6.04 Å². The summed E-state index contributed by atoms with van der Waals surface area (Å²) in [5, 5.41) is 11.4. The highest BCUT2D eigenvalue weighted by atomic mass is 16.2. The van der Waals surface area contributed by atoms with Gasteiger partial charge in [-0.05, 0) is 33.1 Å². The number of nitrogens with one attached hydrogen (secondary N) is 1. The molecular weight excluding hydrogens is 308 g/mol. The smallest absolute Gasteiger partial charge is 0.245 e. The predicted octanol–water partition coefficient (Wildman–Crippen LogP) is 0.768. The lowest BCUT2D eigenvalue weighted by Gasteiger charge is -2.27. The fraction of sp³-hybridized carbons (Fsp3) is 0.625. The normalized spacial score (nSPS) is 16.4. The molecule has 1 aliphatic heterocycles. The fourth-order valence-corrected chi connectivity index (χ4v) is 3.24. The Bertz CT molecular complexity index is 756. The number of amides is 2. The second-order valence-corrected chi connectivity index (χ2v) is 6.37. The van der Waals surface area contributed by atoms with Gasteiger partial charge in [0.15, 0.2) is 0 Å². The van der Waals surface area contributed by atoms with Gasteiger partial charge in [-0.2, -0.15) is 10.2 Å². The van der Waals surface area contributed by atoms with Crippen LogP contribution in [0.5, 0.6) is 0 Å². The van der Waals surface area contributed by atoms with Crippen molar-refractivity contribution in [3.8, 4) is 0 Å². The fourth-order valence-electron chi connectivity index (χ4n) is 3.24. The van der Waals surface area contributed by atoms with Crippen LogP contribution >= 0.6 is 0 Å². The number of carbonyl (C=O) groups excluding carboxylic acids is 2. The summed E-state index contributed by atoms with van der Waals surface area (Å²) >= 11 is 0. The summed E-state index contributed by atoms with van der Waals surface area (Å²) in [6.07, 6.45) is 4.97. The highest BCUT2D eigenvalue weighted by Crippen LogP contribution is 2.20. The van der Waals surface area contributed by atoms with E-state index in [0.29, 0.717) is 0 Å². The first-order valence-corrected chi connectivity index (χ1v) is 8.41. The minimum absolute atomic E-state index is 0.0154. The molecule has 8 heteroatoms. The second kappa shape index (κ2) is 6.62.